The Morgan fingerprint density at radius 3 is 2.66 bits per heavy atom. The standard InChI is InChI=1S/C23H18FN7O/c1-32-17-7-5-15(6-8-17)10-27-22-14-25-13-19(29-22)18-9-20-16(11-26-18)12-28-31(20)23-4-2-3-21(24)30-23/h2-9,11-14H,10H2,1H3,(H,27,29). The van der Waals surface area contributed by atoms with Crippen LogP contribution in [0, 0.1) is 5.95 Å². The molecule has 8 nitrogen and oxygen atoms in total. The van der Waals surface area contributed by atoms with Crippen molar-refractivity contribution in [3.05, 3.63) is 84.8 Å². The van der Waals surface area contributed by atoms with Gasteiger partial charge in [0.2, 0.25) is 5.95 Å². The highest BCUT2D eigenvalue weighted by Crippen LogP contribution is 2.23. The lowest BCUT2D eigenvalue weighted by molar-refractivity contribution is 0.414. The van der Waals surface area contributed by atoms with Crippen molar-refractivity contribution in [3.63, 3.8) is 0 Å². The summed E-state index contributed by atoms with van der Waals surface area (Å²) >= 11 is 0. The fourth-order valence-electron chi connectivity index (χ4n) is 3.27. The molecule has 5 aromatic rings. The third-order valence-corrected chi connectivity index (χ3v) is 4.90. The van der Waals surface area contributed by atoms with Gasteiger partial charge in [-0.3, -0.25) is 9.97 Å². The second kappa shape index (κ2) is 8.38. The van der Waals surface area contributed by atoms with Crippen molar-refractivity contribution >= 4 is 16.7 Å². The largest absolute Gasteiger partial charge is 0.497 e. The van der Waals surface area contributed by atoms with Crippen LogP contribution in [0.4, 0.5) is 10.2 Å². The number of hydrogen-bond acceptors (Lipinski definition) is 7. The van der Waals surface area contributed by atoms with Gasteiger partial charge in [0.25, 0.3) is 0 Å². The molecule has 0 fully saturated rings. The lowest BCUT2D eigenvalue weighted by Crippen LogP contribution is -2.03. The second-order valence-corrected chi connectivity index (χ2v) is 6.99. The quantitative estimate of drug-likeness (QED) is 0.409. The first-order valence-corrected chi connectivity index (χ1v) is 9.85. The van der Waals surface area contributed by atoms with Gasteiger partial charge in [-0.2, -0.15) is 9.49 Å². The van der Waals surface area contributed by atoms with E-state index in [0.29, 0.717) is 29.6 Å². The van der Waals surface area contributed by atoms with Crippen LogP contribution in [0.3, 0.4) is 0 Å². The van der Waals surface area contributed by atoms with E-state index in [2.05, 4.69) is 30.4 Å². The van der Waals surface area contributed by atoms with Crippen LogP contribution in [-0.2, 0) is 6.54 Å². The van der Waals surface area contributed by atoms with Gasteiger partial charge in [0.05, 0.1) is 36.9 Å². The van der Waals surface area contributed by atoms with Crippen LogP contribution in [-0.4, -0.2) is 36.8 Å². The van der Waals surface area contributed by atoms with Crippen LogP contribution in [0.25, 0.3) is 28.1 Å². The number of anilines is 1. The highest BCUT2D eigenvalue weighted by Gasteiger charge is 2.11. The number of benzene rings is 1. The molecule has 0 saturated carbocycles. The summed E-state index contributed by atoms with van der Waals surface area (Å²) in [6, 6.07) is 14.2. The van der Waals surface area contributed by atoms with Crippen molar-refractivity contribution in [3.8, 4) is 23.0 Å². The normalized spacial score (nSPS) is 10.9. The van der Waals surface area contributed by atoms with E-state index in [0.717, 1.165) is 22.2 Å². The second-order valence-electron chi connectivity index (χ2n) is 6.99. The van der Waals surface area contributed by atoms with E-state index in [1.165, 1.54) is 6.07 Å². The predicted molar refractivity (Wildman–Crippen MR) is 118 cm³/mol. The molecule has 4 aromatic heterocycles. The molecule has 0 saturated heterocycles. The molecule has 0 unspecified atom stereocenters. The molecule has 1 aromatic carbocycles. The van der Waals surface area contributed by atoms with Crippen molar-refractivity contribution in [1.82, 2.24) is 29.7 Å². The Labute approximate surface area is 182 Å². The zero-order chi connectivity index (χ0) is 21.9. The number of nitrogens with zero attached hydrogens (tertiary/aromatic N) is 6. The summed E-state index contributed by atoms with van der Waals surface area (Å²) in [5.74, 6) is 1.25. The van der Waals surface area contributed by atoms with E-state index in [1.54, 1.807) is 48.7 Å². The fourth-order valence-corrected chi connectivity index (χ4v) is 3.27. The van der Waals surface area contributed by atoms with E-state index >= 15 is 0 Å². The number of rotatable bonds is 6. The van der Waals surface area contributed by atoms with Gasteiger partial charge in [-0.1, -0.05) is 18.2 Å². The average molecular weight is 427 g/mol. The van der Waals surface area contributed by atoms with Crippen molar-refractivity contribution < 1.29 is 9.13 Å². The zero-order valence-electron chi connectivity index (χ0n) is 17.1. The number of nitrogens with one attached hydrogen (secondary N) is 1. The Bertz CT molecular complexity index is 1390. The summed E-state index contributed by atoms with van der Waals surface area (Å²) in [5, 5.41) is 8.40. The molecule has 158 valence electrons. The molecule has 0 aliphatic heterocycles. The molecule has 0 aliphatic rings. The minimum Gasteiger partial charge on any atom is -0.497 e. The van der Waals surface area contributed by atoms with E-state index in [1.807, 2.05) is 30.3 Å². The number of methoxy groups -OCH3 is 1. The molecule has 0 aliphatic carbocycles. The Morgan fingerprint density at radius 2 is 1.84 bits per heavy atom. The maximum Gasteiger partial charge on any atom is 0.214 e. The maximum atomic E-state index is 13.6. The number of pyridine rings is 2. The first-order valence-electron chi connectivity index (χ1n) is 9.85. The molecule has 32 heavy (non-hydrogen) atoms. The number of hydrogen-bond donors (Lipinski definition) is 1. The molecule has 0 spiro atoms. The van der Waals surface area contributed by atoms with Crippen molar-refractivity contribution in [2.75, 3.05) is 12.4 Å². The van der Waals surface area contributed by atoms with Crippen molar-refractivity contribution in [2.24, 2.45) is 0 Å². The van der Waals surface area contributed by atoms with Crippen LogP contribution in [0.2, 0.25) is 0 Å². The summed E-state index contributed by atoms with van der Waals surface area (Å²) in [5.41, 5.74) is 3.05. The van der Waals surface area contributed by atoms with Gasteiger partial charge in [0.1, 0.15) is 17.3 Å². The average Bonchev–Trinajstić information content (AvgIpc) is 3.27. The van der Waals surface area contributed by atoms with E-state index in [-0.39, 0.29) is 0 Å². The molecule has 0 radical (unpaired) electrons. The molecular formula is C23H18FN7O. The summed E-state index contributed by atoms with van der Waals surface area (Å²) in [4.78, 5) is 17.3. The summed E-state index contributed by atoms with van der Waals surface area (Å²) in [6.07, 6.45) is 6.67. The van der Waals surface area contributed by atoms with Gasteiger partial charge in [-0.15, -0.1) is 0 Å². The maximum absolute atomic E-state index is 13.6. The molecule has 1 N–H and O–H groups in total. The van der Waals surface area contributed by atoms with Gasteiger partial charge >= 0.3 is 0 Å². The van der Waals surface area contributed by atoms with Crippen molar-refractivity contribution in [2.45, 2.75) is 6.54 Å². The molecule has 0 atom stereocenters. The van der Waals surface area contributed by atoms with Crippen LogP contribution >= 0.6 is 0 Å². The highest BCUT2D eigenvalue weighted by atomic mass is 19.1. The molecular weight excluding hydrogens is 409 g/mol. The summed E-state index contributed by atoms with van der Waals surface area (Å²) < 4.78 is 20.3. The Hall–Kier alpha value is -4.40. The third kappa shape index (κ3) is 3.95. The SMILES string of the molecule is COc1ccc(CNc2cncc(-c3cc4c(cn3)cnn4-c3cccc(F)n3)n2)cc1. The van der Waals surface area contributed by atoms with Gasteiger partial charge in [0, 0.05) is 18.1 Å². The molecule has 0 bridgehead atoms. The van der Waals surface area contributed by atoms with E-state index < -0.39 is 5.95 Å². The fraction of sp³-hybridized carbons (Fsp3) is 0.0870. The molecule has 5 rings (SSSR count). The van der Waals surface area contributed by atoms with E-state index in [9.17, 15) is 4.39 Å². The molecule has 4 heterocycles. The van der Waals surface area contributed by atoms with E-state index in [4.69, 9.17) is 4.74 Å². The van der Waals surface area contributed by atoms with Crippen LogP contribution in [0.15, 0.2) is 73.3 Å². The predicted octanol–water partition coefficient (Wildman–Crippen LogP) is 4.03. The summed E-state index contributed by atoms with van der Waals surface area (Å²) in [7, 11) is 1.64. The lowest BCUT2D eigenvalue weighted by atomic mass is 10.2. The number of halogens is 1. The monoisotopic (exact) mass is 427 g/mol. The smallest absolute Gasteiger partial charge is 0.214 e. The summed E-state index contributed by atoms with van der Waals surface area (Å²) in [6.45, 7) is 0.590. The zero-order valence-corrected chi connectivity index (χ0v) is 17.1. The molecule has 0 amide bonds. The van der Waals surface area contributed by atoms with Gasteiger partial charge in [0.15, 0.2) is 5.82 Å². The van der Waals surface area contributed by atoms with Crippen LogP contribution in [0.1, 0.15) is 5.56 Å². The Morgan fingerprint density at radius 1 is 0.969 bits per heavy atom. The first-order chi connectivity index (χ1) is 15.7. The number of aromatic nitrogens is 6. The topological polar surface area (TPSA) is 90.6 Å². The Balaban J connectivity index is 1.42. The molecule has 9 heteroatoms. The minimum absolute atomic E-state index is 0.387. The van der Waals surface area contributed by atoms with Gasteiger partial charge in [-0.25, -0.2) is 14.6 Å². The van der Waals surface area contributed by atoms with Crippen LogP contribution in [0.5, 0.6) is 5.75 Å². The Kier molecular flexibility index (Phi) is 5.12. The third-order valence-electron chi connectivity index (χ3n) is 4.90. The lowest BCUT2D eigenvalue weighted by Gasteiger charge is -2.08. The van der Waals surface area contributed by atoms with Gasteiger partial charge in [-0.05, 0) is 35.9 Å². The minimum atomic E-state index is -0.568. The number of fused-ring (bicyclic) bond motifs is 1. The highest BCUT2D eigenvalue weighted by molar-refractivity contribution is 5.82. The van der Waals surface area contributed by atoms with Gasteiger partial charge < -0.3 is 10.1 Å². The van der Waals surface area contributed by atoms with Crippen molar-refractivity contribution in [1.29, 1.82) is 0 Å². The first kappa shape index (κ1) is 19.6. The number of ether oxygens (including phenoxy) is 1. The van der Waals surface area contributed by atoms with Crippen LogP contribution < -0.4 is 10.1 Å².